The van der Waals surface area contributed by atoms with Crippen LogP contribution in [-0.4, -0.2) is 9.97 Å². The van der Waals surface area contributed by atoms with Gasteiger partial charge in [-0.15, -0.1) is 0 Å². The Morgan fingerprint density at radius 2 is 1.84 bits per heavy atom. The molecule has 0 spiro atoms. The van der Waals surface area contributed by atoms with E-state index in [1.54, 1.807) is 0 Å². The average Bonchev–Trinajstić information content (AvgIpc) is 2.34. The van der Waals surface area contributed by atoms with Crippen molar-refractivity contribution in [3.63, 3.8) is 0 Å². The van der Waals surface area contributed by atoms with E-state index in [9.17, 15) is 0 Å². The standard InChI is InChI=1S/C14H16ClN3O/c1-14(2,3)9-6-4-5-7-10(9)19-13-11(16)12(15)17-8-18-13/h4-8H,16H2,1-3H3. The Hall–Kier alpha value is -1.81. The number of anilines is 1. The maximum Gasteiger partial charge on any atom is 0.247 e. The van der Waals surface area contributed by atoms with Crippen LogP contribution in [0.3, 0.4) is 0 Å². The summed E-state index contributed by atoms with van der Waals surface area (Å²) in [6.07, 6.45) is 1.33. The van der Waals surface area contributed by atoms with Crippen molar-refractivity contribution in [1.82, 2.24) is 9.97 Å². The van der Waals surface area contributed by atoms with Crippen LogP contribution in [0.25, 0.3) is 0 Å². The topological polar surface area (TPSA) is 61.0 Å². The number of hydrogen-bond acceptors (Lipinski definition) is 4. The summed E-state index contributed by atoms with van der Waals surface area (Å²) in [6, 6.07) is 7.79. The first kappa shape index (κ1) is 13.6. The summed E-state index contributed by atoms with van der Waals surface area (Å²) in [5.41, 5.74) is 7.08. The van der Waals surface area contributed by atoms with Gasteiger partial charge in [-0.3, -0.25) is 0 Å². The van der Waals surface area contributed by atoms with E-state index in [0.29, 0.717) is 0 Å². The molecule has 4 nitrogen and oxygen atoms in total. The molecule has 1 aromatic heterocycles. The third kappa shape index (κ3) is 2.96. The van der Waals surface area contributed by atoms with Crippen LogP contribution in [0.2, 0.25) is 5.15 Å². The van der Waals surface area contributed by atoms with Gasteiger partial charge in [-0.25, -0.2) is 4.98 Å². The second-order valence-corrected chi connectivity index (χ2v) is 5.59. The van der Waals surface area contributed by atoms with Crippen LogP contribution in [0.4, 0.5) is 5.69 Å². The lowest BCUT2D eigenvalue weighted by Gasteiger charge is -2.22. The lowest BCUT2D eigenvalue weighted by molar-refractivity contribution is 0.441. The Balaban J connectivity index is 2.42. The van der Waals surface area contributed by atoms with Crippen molar-refractivity contribution in [3.8, 4) is 11.6 Å². The first-order valence-electron chi connectivity index (χ1n) is 5.93. The van der Waals surface area contributed by atoms with Crippen LogP contribution >= 0.6 is 11.6 Å². The molecular weight excluding hydrogens is 262 g/mol. The largest absolute Gasteiger partial charge is 0.437 e. The summed E-state index contributed by atoms with van der Waals surface area (Å²) >= 11 is 5.85. The highest BCUT2D eigenvalue weighted by atomic mass is 35.5. The highest BCUT2D eigenvalue weighted by Crippen LogP contribution is 2.35. The number of para-hydroxylation sites is 1. The van der Waals surface area contributed by atoms with Crippen molar-refractivity contribution >= 4 is 17.3 Å². The van der Waals surface area contributed by atoms with Gasteiger partial charge in [0.2, 0.25) is 5.88 Å². The van der Waals surface area contributed by atoms with Crippen LogP contribution in [0.1, 0.15) is 26.3 Å². The number of nitrogen functional groups attached to an aromatic ring is 1. The number of ether oxygens (including phenoxy) is 1. The molecule has 0 fully saturated rings. The predicted octanol–water partition coefficient (Wildman–Crippen LogP) is 3.80. The summed E-state index contributed by atoms with van der Waals surface area (Å²) in [7, 11) is 0. The maximum absolute atomic E-state index is 5.85. The summed E-state index contributed by atoms with van der Waals surface area (Å²) in [6.45, 7) is 6.35. The first-order valence-corrected chi connectivity index (χ1v) is 6.30. The smallest absolute Gasteiger partial charge is 0.247 e. The zero-order valence-corrected chi connectivity index (χ0v) is 11.9. The fourth-order valence-electron chi connectivity index (χ4n) is 1.72. The summed E-state index contributed by atoms with van der Waals surface area (Å²) in [5, 5.41) is 0.193. The van der Waals surface area contributed by atoms with Gasteiger partial charge in [-0.2, -0.15) is 4.98 Å². The molecule has 0 bridgehead atoms. The van der Waals surface area contributed by atoms with Gasteiger partial charge in [0, 0.05) is 5.56 Å². The Bertz CT molecular complexity index is 593. The number of nitrogens with zero attached hydrogens (tertiary/aromatic N) is 2. The molecule has 1 heterocycles. The van der Waals surface area contributed by atoms with Crippen molar-refractivity contribution in [3.05, 3.63) is 41.3 Å². The van der Waals surface area contributed by atoms with Crippen LogP contribution in [0, 0.1) is 0 Å². The van der Waals surface area contributed by atoms with Gasteiger partial charge in [-0.1, -0.05) is 50.6 Å². The molecule has 0 aliphatic heterocycles. The van der Waals surface area contributed by atoms with Crippen molar-refractivity contribution in [1.29, 1.82) is 0 Å². The molecule has 0 saturated carbocycles. The monoisotopic (exact) mass is 277 g/mol. The minimum atomic E-state index is -0.0395. The van der Waals surface area contributed by atoms with E-state index >= 15 is 0 Å². The molecule has 19 heavy (non-hydrogen) atoms. The molecule has 0 aliphatic carbocycles. The summed E-state index contributed by atoms with van der Waals surface area (Å²) in [4.78, 5) is 7.82. The molecule has 0 aliphatic rings. The van der Waals surface area contributed by atoms with E-state index in [4.69, 9.17) is 22.1 Å². The summed E-state index contributed by atoms with van der Waals surface area (Å²) < 4.78 is 5.79. The molecule has 0 radical (unpaired) electrons. The van der Waals surface area contributed by atoms with E-state index in [0.717, 1.165) is 11.3 Å². The molecule has 5 heteroatoms. The number of nitrogens with two attached hydrogens (primary N) is 1. The summed E-state index contributed by atoms with van der Waals surface area (Å²) in [5.74, 6) is 0.994. The number of benzene rings is 1. The fourth-order valence-corrected chi connectivity index (χ4v) is 1.84. The second-order valence-electron chi connectivity index (χ2n) is 5.23. The Labute approximate surface area is 117 Å². The number of rotatable bonds is 2. The molecule has 0 amide bonds. The maximum atomic E-state index is 5.85. The molecule has 2 rings (SSSR count). The highest BCUT2D eigenvalue weighted by Gasteiger charge is 2.20. The number of aromatic nitrogens is 2. The zero-order chi connectivity index (χ0) is 14.0. The van der Waals surface area contributed by atoms with Gasteiger partial charge >= 0.3 is 0 Å². The van der Waals surface area contributed by atoms with E-state index in [1.807, 2.05) is 24.3 Å². The Kier molecular flexibility index (Phi) is 3.62. The van der Waals surface area contributed by atoms with Crippen LogP contribution < -0.4 is 10.5 Å². The van der Waals surface area contributed by atoms with E-state index in [-0.39, 0.29) is 22.1 Å². The van der Waals surface area contributed by atoms with Crippen molar-refractivity contribution in [2.24, 2.45) is 0 Å². The zero-order valence-electron chi connectivity index (χ0n) is 11.1. The average molecular weight is 278 g/mol. The quantitative estimate of drug-likeness (QED) is 0.848. The third-order valence-electron chi connectivity index (χ3n) is 2.70. The van der Waals surface area contributed by atoms with Crippen LogP contribution in [0.15, 0.2) is 30.6 Å². The van der Waals surface area contributed by atoms with Gasteiger partial charge in [0.15, 0.2) is 5.15 Å². The lowest BCUT2D eigenvalue weighted by atomic mass is 9.86. The van der Waals surface area contributed by atoms with Crippen LogP contribution in [-0.2, 0) is 5.41 Å². The van der Waals surface area contributed by atoms with Crippen molar-refractivity contribution in [2.45, 2.75) is 26.2 Å². The van der Waals surface area contributed by atoms with Crippen molar-refractivity contribution in [2.75, 3.05) is 5.73 Å². The van der Waals surface area contributed by atoms with Gasteiger partial charge in [0.25, 0.3) is 0 Å². The van der Waals surface area contributed by atoms with E-state index in [1.165, 1.54) is 6.33 Å². The predicted molar refractivity (Wildman–Crippen MR) is 76.7 cm³/mol. The molecule has 0 saturated heterocycles. The first-order chi connectivity index (χ1) is 8.89. The second kappa shape index (κ2) is 5.05. The van der Waals surface area contributed by atoms with Gasteiger partial charge < -0.3 is 10.5 Å². The Morgan fingerprint density at radius 1 is 1.16 bits per heavy atom. The molecule has 2 N–H and O–H groups in total. The molecule has 0 atom stereocenters. The number of halogens is 1. The third-order valence-corrected chi connectivity index (χ3v) is 3.00. The normalized spacial score (nSPS) is 11.4. The lowest BCUT2D eigenvalue weighted by Crippen LogP contribution is -2.12. The minimum Gasteiger partial charge on any atom is -0.437 e. The SMILES string of the molecule is CC(C)(C)c1ccccc1Oc1ncnc(Cl)c1N. The number of hydrogen-bond donors (Lipinski definition) is 1. The van der Waals surface area contributed by atoms with Gasteiger partial charge in [0.05, 0.1) is 0 Å². The molecular formula is C14H16ClN3O. The van der Waals surface area contributed by atoms with Crippen LogP contribution in [0.5, 0.6) is 11.6 Å². The highest BCUT2D eigenvalue weighted by molar-refractivity contribution is 6.32. The van der Waals surface area contributed by atoms with E-state index < -0.39 is 0 Å². The van der Waals surface area contributed by atoms with Crippen molar-refractivity contribution < 1.29 is 4.74 Å². The molecule has 0 unspecified atom stereocenters. The Morgan fingerprint density at radius 3 is 2.53 bits per heavy atom. The van der Waals surface area contributed by atoms with Gasteiger partial charge in [-0.05, 0) is 11.5 Å². The van der Waals surface area contributed by atoms with E-state index in [2.05, 4.69) is 30.7 Å². The molecule has 100 valence electrons. The van der Waals surface area contributed by atoms with Gasteiger partial charge in [0.1, 0.15) is 17.8 Å². The fraction of sp³-hybridized carbons (Fsp3) is 0.286. The molecule has 1 aromatic carbocycles. The minimum absolute atomic E-state index is 0.0395. The molecule has 2 aromatic rings.